The van der Waals surface area contributed by atoms with Gasteiger partial charge in [0.1, 0.15) is 5.75 Å². The van der Waals surface area contributed by atoms with Gasteiger partial charge in [0.15, 0.2) is 0 Å². The highest BCUT2D eigenvalue weighted by molar-refractivity contribution is 9.10. The molecule has 0 radical (unpaired) electrons. The van der Waals surface area contributed by atoms with Crippen LogP contribution in [0.4, 0.5) is 0 Å². The van der Waals surface area contributed by atoms with E-state index in [1.807, 2.05) is 6.07 Å². The summed E-state index contributed by atoms with van der Waals surface area (Å²) in [7, 11) is 0. The average molecular weight is 355 g/mol. The van der Waals surface area contributed by atoms with Crippen LogP contribution in [0.25, 0.3) is 31.3 Å². The van der Waals surface area contributed by atoms with Crippen molar-refractivity contribution < 1.29 is 5.11 Å². The third-order valence-electron chi connectivity index (χ3n) is 3.64. The van der Waals surface area contributed by atoms with Gasteiger partial charge in [0.25, 0.3) is 0 Å². The van der Waals surface area contributed by atoms with Gasteiger partial charge in [-0.15, -0.1) is 11.3 Å². The molecular formula is C18H11BrOS. The number of aromatic hydroxyl groups is 1. The number of thiophene rings is 1. The molecule has 1 nitrogen and oxygen atoms in total. The van der Waals surface area contributed by atoms with Crippen LogP contribution in [-0.2, 0) is 0 Å². The number of hydrogen-bond donors (Lipinski definition) is 1. The van der Waals surface area contributed by atoms with Crippen molar-refractivity contribution in [3.8, 4) is 16.2 Å². The van der Waals surface area contributed by atoms with E-state index in [2.05, 4.69) is 64.5 Å². The molecule has 0 atom stereocenters. The van der Waals surface area contributed by atoms with Crippen molar-refractivity contribution in [1.29, 1.82) is 0 Å². The maximum Gasteiger partial charge on any atom is 0.130 e. The largest absolute Gasteiger partial charge is 0.507 e. The molecule has 0 unspecified atom stereocenters. The van der Waals surface area contributed by atoms with Gasteiger partial charge in [0, 0.05) is 9.58 Å². The number of halogens is 1. The summed E-state index contributed by atoms with van der Waals surface area (Å²) in [5.74, 6) is 0.275. The molecule has 0 saturated carbocycles. The Morgan fingerprint density at radius 3 is 2.57 bits per heavy atom. The van der Waals surface area contributed by atoms with Gasteiger partial charge < -0.3 is 5.11 Å². The molecule has 0 fully saturated rings. The quantitative estimate of drug-likeness (QED) is 0.432. The highest BCUT2D eigenvalue weighted by atomic mass is 79.9. The van der Waals surface area contributed by atoms with E-state index in [4.69, 9.17) is 0 Å². The Morgan fingerprint density at radius 1 is 0.857 bits per heavy atom. The van der Waals surface area contributed by atoms with E-state index in [1.165, 1.54) is 20.5 Å². The summed E-state index contributed by atoms with van der Waals surface area (Å²) < 4.78 is 2.06. The summed E-state index contributed by atoms with van der Waals surface area (Å²) in [6.45, 7) is 0. The number of fused-ring (bicyclic) bond motifs is 2. The number of benzene rings is 3. The molecule has 4 rings (SSSR count). The first-order valence-corrected chi connectivity index (χ1v) is 8.23. The fourth-order valence-electron chi connectivity index (χ4n) is 2.56. The molecule has 0 spiro atoms. The minimum Gasteiger partial charge on any atom is -0.507 e. The van der Waals surface area contributed by atoms with Crippen molar-refractivity contribution in [2.75, 3.05) is 0 Å². The minimum atomic E-state index is 0.275. The summed E-state index contributed by atoms with van der Waals surface area (Å²) in [5.41, 5.74) is 1.21. The van der Waals surface area contributed by atoms with Crippen LogP contribution in [0.5, 0.6) is 5.75 Å². The lowest BCUT2D eigenvalue weighted by Crippen LogP contribution is -1.78. The Hall–Kier alpha value is -1.84. The van der Waals surface area contributed by atoms with E-state index in [0.717, 1.165) is 15.2 Å². The Kier molecular flexibility index (Phi) is 2.98. The zero-order valence-electron chi connectivity index (χ0n) is 11.0. The van der Waals surface area contributed by atoms with Crippen LogP contribution in [0.15, 0.2) is 65.1 Å². The fraction of sp³-hybridized carbons (Fsp3) is 0. The molecule has 102 valence electrons. The van der Waals surface area contributed by atoms with E-state index in [-0.39, 0.29) is 5.75 Å². The average Bonchev–Trinajstić information content (AvgIpc) is 2.95. The second-order valence-corrected chi connectivity index (χ2v) is 6.86. The summed E-state index contributed by atoms with van der Waals surface area (Å²) in [6, 6.07) is 20.7. The molecule has 0 saturated heterocycles. The summed E-state index contributed by atoms with van der Waals surface area (Å²) >= 11 is 5.25. The van der Waals surface area contributed by atoms with Gasteiger partial charge in [-0.1, -0.05) is 36.4 Å². The van der Waals surface area contributed by atoms with Crippen LogP contribution in [0.2, 0.25) is 0 Å². The molecule has 21 heavy (non-hydrogen) atoms. The number of phenols is 1. The monoisotopic (exact) mass is 354 g/mol. The van der Waals surface area contributed by atoms with Crippen molar-refractivity contribution >= 4 is 48.1 Å². The van der Waals surface area contributed by atoms with Crippen LogP contribution in [0, 0.1) is 0 Å². The zero-order valence-corrected chi connectivity index (χ0v) is 13.4. The first kappa shape index (κ1) is 12.9. The molecule has 4 aromatic rings. The van der Waals surface area contributed by atoms with E-state index in [9.17, 15) is 5.11 Å². The summed E-state index contributed by atoms with van der Waals surface area (Å²) in [6.07, 6.45) is 0. The second-order valence-electron chi connectivity index (χ2n) is 4.98. The number of hydrogen-bond acceptors (Lipinski definition) is 2. The van der Waals surface area contributed by atoms with Crippen LogP contribution >= 0.6 is 27.3 Å². The van der Waals surface area contributed by atoms with Crippen LogP contribution in [0.3, 0.4) is 0 Å². The van der Waals surface area contributed by atoms with Gasteiger partial charge in [-0.05, 0) is 61.9 Å². The van der Waals surface area contributed by atoms with E-state index in [1.54, 1.807) is 17.4 Å². The van der Waals surface area contributed by atoms with Crippen molar-refractivity contribution in [2.45, 2.75) is 0 Å². The maximum absolute atomic E-state index is 9.75. The Bertz CT molecular complexity index is 938. The summed E-state index contributed by atoms with van der Waals surface area (Å²) in [4.78, 5) is 1.27. The smallest absolute Gasteiger partial charge is 0.130 e. The van der Waals surface area contributed by atoms with Crippen LogP contribution in [0.1, 0.15) is 0 Å². The number of phenolic OH excluding ortho intramolecular Hbond substituents is 1. The van der Waals surface area contributed by atoms with Crippen LogP contribution < -0.4 is 0 Å². The molecule has 1 aromatic heterocycles. The first-order chi connectivity index (χ1) is 10.2. The molecule has 0 amide bonds. The van der Waals surface area contributed by atoms with Crippen LogP contribution in [-0.4, -0.2) is 5.11 Å². The molecule has 0 aliphatic heterocycles. The molecule has 0 aliphatic carbocycles. The molecule has 3 aromatic carbocycles. The van der Waals surface area contributed by atoms with Crippen molar-refractivity contribution in [2.24, 2.45) is 0 Å². The highest BCUT2D eigenvalue weighted by Crippen LogP contribution is 2.37. The van der Waals surface area contributed by atoms with Gasteiger partial charge in [-0.2, -0.15) is 0 Å². The predicted octanol–water partition coefficient (Wildman–Crippen LogP) is 6.19. The lowest BCUT2D eigenvalue weighted by Gasteiger charge is -2.05. The van der Waals surface area contributed by atoms with Gasteiger partial charge in [-0.25, -0.2) is 0 Å². The lowest BCUT2D eigenvalue weighted by atomic mass is 10.1. The minimum absolute atomic E-state index is 0.275. The normalized spacial score (nSPS) is 11.3. The Labute approximate surface area is 134 Å². The maximum atomic E-state index is 9.75. The topological polar surface area (TPSA) is 20.2 Å². The van der Waals surface area contributed by atoms with Crippen molar-refractivity contribution in [3.05, 3.63) is 65.1 Å². The van der Waals surface area contributed by atoms with Gasteiger partial charge in [0.2, 0.25) is 0 Å². The zero-order chi connectivity index (χ0) is 14.4. The fourth-order valence-corrected chi connectivity index (χ4v) is 4.11. The SMILES string of the molecule is Oc1ccc2cc(-c3cc4ccccc4s3)ccc2c1Br. The van der Waals surface area contributed by atoms with E-state index in [0.29, 0.717) is 0 Å². The molecular weight excluding hydrogens is 344 g/mol. The third kappa shape index (κ3) is 2.13. The summed E-state index contributed by atoms with van der Waals surface area (Å²) in [5, 5.41) is 13.2. The second kappa shape index (κ2) is 4.86. The van der Waals surface area contributed by atoms with E-state index >= 15 is 0 Å². The standard InChI is InChI=1S/C18H11BrOS/c19-18-14-7-5-13(9-11(14)6-8-15(18)20)17-10-12-3-1-2-4-16(12)21-17/h1-10,20H. The molecule has 0 bridgehead atoms. The molecule has 3 heteroatoms. The van der Waals surface area contributed by atoms with Gasteiger partial charge in [-0.3, -0.25) is 0 Å². The van der Waals surface area contributed by atoms with Gasteiger partial charge in [0.05, 0.1) is 4.47 Å². The van der Waals surface area contributed by atoms with Crippen molar-refractivity contribution in [1.82, 2.24) is 0 Å². The van der Waals surface area contributed by atoms with E-state index < -0.39 is 0 Å². The lowest BCUT2D eigenvalue weighted by molar-refractivity contribution is 0.473. The Morgan fingerprint density at radius 2 is 1.71 bits per heavy atom. The Balaban J connectivity index is 1.92. The third-order valence-corrected chi connectivity index (χ3v) is 5.64. The van der Waals surface area contributed by atoms with Gasteiger partial charge >= 0.3 is 0 Å². The molecule has 1 heterocycles. The number of rotatable bonds is 1. The predicted molar refractivity (Wildman–Crippen MR) is 94.1 cm³/mol. The molecule has 1 N–H and O–H groups in total. The molecule has 0 aliphatic rings. The van der Waals surface area contributed by atoms with Crippen molar-refractivity contribution in [3.63, 3.8) is 0 Å². The first-order valence-electron chi connectivity index (χ1n) is 6.62. The highest BCUT2D eigenvalue weighted by Gasteiger charge is 2.08.